The van der Waals surface area contributed by atoms with E-state index in [1.165, 1.54) is 12.1 Å². The number of aliphatic carboxylic acids is 1. The van der Waals surface area contributed by atoms with Gasteiger partial charge in [0.25, 0.3) is 0 Å². The molecule has 180 valence electrons. The third-order valence-corrected chi connectivity index (χ3v) is 7.13. The van der Waals surface area contributed by atoms with E-state index in [0.717, 1.165) is 36.2 Å². The van der Waals surface area contributed by atoms with Crippen LogP contribution in [0.4, 0.5) is 5.69 Å². The number of nitrogens with zero attached hydrogens (tertiary/aromatic N) is 1. The molecule has 3 rings (SSSR count). The number of carboxylic acid groups (broad SMARTS) is 1. The van der Waals surface area contributed by atoms with Crippen molar-refractivity contribution in [1.29, 1.82) is 0 Å². The van der Waals surface area contributed by atoms with Crippen molar-refractivity contribution in [2.75, 3.05) is 18.4 Å². The maximum atomic E-state index is 12.8. The highest BCUT2D eigenvalue weighted by atomic mass is 35.5. The first-order valence-electron chi connectivity index (χ1n) is 11.0. The van der Waals surface area contributed by atoms with Crippen molar-refractivity contribution in [3.05, 3.63) is 89.2 Å². The number of rotatable bonds is 13. The monoisotopic (exact) mass is 501 g/mol. The number of aryl methyl sites for hydroxylation is 1. The molecule has 0 spiro atoms. The first-order chi connectivity index (χ1) is 16.3. The van der Waals surface area contributed by atoms with Crippen LogP contribution in [-0.2, 0) is 21.2 Å². The van der Waals surface area contributed by atoms with Gasteiger partial charge in [0.15, 0.2) is 0 Å². The van der Waals surface area contributed by atoms with E-state index < -0.39 is 16.0 Å². The van der Waals surface area contributed by atoms with Crippen molar-refractivity contribution in [2.45, 2.75) is 36.5 Å². The highest BCUT2D eigenvalue weighted by molar-refractivity contribution is 7.89. The van der Waals surface area contributed by atoms with Crippen LogP contribution in [-0.4, -0.2) is 37.6 Å². The number of nitrogens with one attached hydrogen (secondary N) is 2. The van der Waals surface area contributed by atoms with E-state index in [1.54, 1.807) is 24.5 Å². The zero-order valence-electron chi connectivity index (χ0n) is 18.7. The van der Waals surface area contributed by atoms with Gasteiger partial charge in [-0.25, -0.2) is 13.1 Å². The van der Waals surface area contributed by atoms with E-state index in [-0.39, 0.29) is 23.8 Å². The summed E-state index contributed by atoms with van der Waals surface area (Å²) >= 11 is 5.88. The molecule has 1 aromatic heterocycles. The molecule has 0 radical (unpaired) electrons. The van der Waals surface area contributed by atoms with Crippen molar-refractivity contribution >= 4 is 33.3 Å². The Kier molecular flexibility index (Phi) is 9.44. The molecule has 1 heterocycles. The molecular formula is C25H28ClN3O4S. The first kappa shape index (κ1) is 25.7. The summed E-state index contributed by atoms with van der Waals surface area (Å²) < 4.78 is 28.3. The Morgan fingerprint density at radius 2 is 1.79 bits per heavy atom. The number of pyridine rings is 1. The maximum absolute atomic E-state index is 12.8. The van der Waals surface area contributed by atoms with Crippen molar-refractivity contribution in [3.8, 4) is 0 Å². The van der Waals surface area contributed by atoms with Gasteiger partial charge in [-0.15, -0.1) is 0 Å². The van der Waals surface area contributed by atoms with E-state index in [9.17, 15) is 13.2 Å². The summed E-state index contributed by atoms with van der Waals surface area (Å²) in [5.74, 6) is -0.883. The quantitative estimate of drug-likeness (QED) is 0.293. The summed E-state index contributed by atoms with van der Waals surface area (Å²) in [5, 5.41) is 12.7. The van der Waals surface area contributed by atoms with Crippen LogP contribution >= 0.6 is 11.6 Å². The normalized spacial score (nSPS) is 12.3. The molecule has 0 aliphatic heterocycles. The molecule has 0 saturated carbocycles. The lowest BCUT2D eigenvalue weighted by Crippen LogP contribution is -2.29. The third-order valence-electron chi connectivity index (χ3n) is 5.44. The Morgan fingerprint density at radius 1 is 1.06 bits per heavy atom. The van der Waals surface area contributed by atoms with E-state index in [4.69, 9.17) is 16.7 Å². The number of halogens is 1. The Bertz CT molecular complexity index is 1160. The molecule has 3 N–H and O–H groups in total. The van der Waals surface area contributed by atoms with Gasteiger partial charge in [-0.05, 0) is 72.7 Å². The highest BCUT2D eigenvalue weighted by Gasteiger charge is 2.18. The van der Waals surface area contributed by atoms with Crippen LogP contribution < -0.4 is 10.0 Å². The van der Waals surface area contributed by atoms with Gasteiger partial charge in [-0.2, -0.15) is 0 Å². The number of benzene rings is 2. The van der Waals surface area contributed by atoms with Crippen LogP contribution in [0.3, 0.4) is 0 Å². The zero-order valence-corrected chi connectivity index (χ0v) is 20.2. The van der Waals surface area contributed by atoms with Gasteiger partial charge in [-0.3, -0.25) is 9.78 Å². The molecular weight excluding hydrogens is 474 g/mol. The van der Waals surface area contributed by atoms with Crippen LogP contribution in [0.25, 0.3) is 0 Å². The lowest BCUT2D eigenvalue weighted by Gasteiger charge is -2.19. The number of carbonyl (C=O) groups is 1. The van der Waals surface area contributed by atoms with Gasteiger partial charge >= 0.3 is 5.97 Å². The minimum Gasteiger partial charge on any atom is -0.481 e. The SMILES string of the molecule is O=C(O)CCc1ccc(C(CCCNc2cccnc2)CNS(=O)(=O)c2ccc(Cl)cc2)cc1. The molecule has 0 fully saturated rings. The largest absolute Gasteiger partial charge is 0.481 e. The van der Waals surface area contributed by atoms with Crippen molar-refractivity contribution in [3.63, 3.8) is 0 Å². The van der Waals surface area contributed by atoms with E-state index >= 15 is 0 Å². The second kappa shape index (κ2) is 12.5. The standard InChI is InChI=1S/C25H28ClN3O4S/c26-22-10-12-24(13-11-22)34(32,33)29-17-21(3-1-16-28-23-4-2-15-27-18-23)20-8-5-19(6-9-20)7-14-25(30)31/h2,4-6,8-13,15,18,21,28-29H,1,3,7,14,16-17H2,(H,30,31). The third kappa shape index (κ3) is 8.13. The molecule has 0 bridgehead atoms. The highest BCUT2D eigenvalue weighted by Crippen LogP contribution is 2.23. The van der Waals surface area contributed by atoms with Crippen LogP contribution in [0.2, 0.25) is 5.02 Å². The van der Waals surface area contributed by atoms with Gasteiger partial charge < -0.3 is 10.4 Å². The zero-order chi connectivity index (χ0) is 24.4. The van der Waals surface area contributed by atoms with Crippen molar-refractivity contribution < 1.29 is 18.3 Å². The van der Waals surface area contributed by atoms with Crippen LogP contribution in [0, 0.1) is 0 Å². The fourth-order valence-corrected chi connectivity index (χ4v) is 4.76. The fourth-order valence-electron chi connectivity index (χ4n) is 3.55. The molecule has 7 nitrogen and oxygen atoms in total. The topological polar surface area (TPSA) is 108 Å². The molecule has 1 unspecified atom stereocenters. The Morgan fingerprint density at radius 3 is 2.44 bits per heavy atom. The average molecular weight is 502 g/mol. The summed E-state index contributed by atoms with van der Waals surface area (Å²) in [6.45, 7) is 0.967. The lowest BCUT2D eigenvalue weighted by molar-refractivity contribution is -0.136. The van der Waals surface area contributed by atoms with E-state index in [2.05, 4.69) is 15.0 Å². The van der Waals surface area contributed by atoms with Crippen LogP contribution in [0.15, 0.2) is 78.0 Å². The van der Waals surface area contributed by atoms with Crippen molar-refractivity contribution in [2.24, 2.45) is 0 Å². The molecule has 0 aliphatic carbocycles. The lowest BCUT2D eigenvalue weighted by atomic mass is 9.93. The van der Waals surface area contributed by atoms with Gasteiger partial charge in [0.1, 0.15) is 0 Å². The molecule has 34 heavy (non-hydrogen) atoms. The number of hydrogen-bond donors (Lipinski definition) is 3. The summed E-state index contributed by atoms with van der Waals surface area (Å²) in [7, 11) is -3.68. The number of hydrogen-bond acceptors (Lipinski definition) is 5. The van der Waals surface area contributed by atoms with Crippen LogP contribution in [0.5, 0.6) is 0 Å². The second-order valence-corrected chi connectivity index (χ2v) is 10.2. The van der Waals surface area contributed by atoms with Gasteiger partial charge in [0, 0.05) is 36.9 Å². The molecule has 3 aromatic rings. The smallest absolute Gasteiger partial charge is 0.303 e. The summed E-state index contributed by atoms with van der Waals surface area (Å²) in [4.78, 5) is 15.1. The average Bonchev–Trinajstić information content (AvgIpc) is 2.83. The van der Waals surface area contributed by atoms with Crippen LogP contribution in [0.1, 0.15) is 36.3 Å². The van der Waals surface area contributed by atoms with Crippen molar-refractivity contribution in [1.82, 2.24) is 9.71 Å². The number of anilines is 1. The minimum atomic E-state index is -3.68. The molecule has 1 atom stereocenters. The van der Waals surface area contributed by atoms with Gasteiger partial charge in [-0.1, -0.05) is 35.9 Å². The molecule has 0 aliphatic rings. The molecule has 0 amide bonds. The van der Waals surface area contributed by atoms with Gasteiger partial charge in [0.05, 0.1) is 10.6 Å². The summed E-state index contributed by atoms with van der Waals surface area (Å²) in [5.41, 5.74) is 2.87. The number of sulfonamides is 1. The minimum absolute atomic E-state index is 0.0497. The predicted octanol–water partition coefficient (Wildman–Crippen LogP) is 4.71. The van der Waals surface area contributed by atoms with E-state index in [1.807, 2.05) is 36.4 Å². The maximum Gasteiger partial charge on any atom is 0.303 e. The fraction of sp³-hybridized carbons (Fsp3) is 0.280. The Balaban J connectivity index is 1.66. The summed E-state index contributed by atoms with van der Waals surface area (Å²) in [6.07, 6.45) is 5.58. The van der Waals surface area contributed by atoms with E-state index in [0.29, 0.717) is 11.4 Å². The Labute approximate surface area is 205 Å². The number of aromatic nitrogens is 1. The first-order valence-corrected chi connectivity index (χ1v) is 12.9. The Hall–Kier alpha value is -2.94. The number of carboxylic acids is 1. The van der Waals surface area contributed by atoms with Gasteiger partial charge in [0.2, 0.25) is 10.0 Å². The molecule has 0 saturated heterocycles. The molecule has 2 aromatic carbocycles. The molecule has 9 heteroatoms. The summed E-state index contributed by atoms with van der Waals surface area (Å²) in [6, 6.07) is 17.6. The second-order valence-electron chi connectivity index (χ2n) is 7.95. The predicted molar refractivity (Wildman–Crippen MR) is 134 cm³/mol.